The van der Waals surface area contributed by atoms with Gasteiger partial charge in [-0.3, -0.25) is 0 Å². The molecule has 2 aliphatic heterocycles. The number of rotatable bonds is 6. The van der Waals surface area contributed by atoms with E-state index in [0.29, 0.717) is 28.9 Å². The first-order chi connectivity index (χ1) is 18.2. The Kier molecular flexibility index (Phi) is 5.60. The maximum absolute atomic E-state index is 6.69. The molecular formula is C28H26N4O5. The van der Waals surface area contributed by atoms with E-state index in [-0.39, 0.29) is 6.04 Å². The molecule has 6 rings (SSSR count). The van der Waals surface area contributed by atoms with Crippen molar-refractivity contribution in [3.63, 3.8) is 0 Å². The van der Waals surface area contributed by atoms with Gasteiger partial charge in [0.2, 0.25) is 5.95 Å². The summed E-state index contributed by atoms with van der Waals surface area (Å²) in [7, 11) is 6.49. The Balaban J connectivity index is 1.60. The predicted molar refractivity (Wildman–Crippen MR) is 138 cm³/mol. The van der Waals surface area contributed by atoms with Crippen molar-refractivity contribution in [3.8, 4) is 28.7 Å². The fraction of sp³-hybridized carbons (Fsp3) is 0.214. The molecule has 0 fully saturated rings. The fourth-order valence-corrected chi connectivity index (χ4v) is 5.05. The maximum atomic E-state index is 6.69. The Bertz CT molecular complexity index is 1510. The third-order valence-corrected chi connectivity index (χ3v) is 6.76. The molecule has 0 radical (unpaired) electrons. The Labute approximate surface area is 214 Å². The van der Waals surface area contributed by atoms with Crippen molar-refractivity contribution in [3.05, 3.63) is 89.3 Å². The smallest absolute Gasteiger partial charge is 0.226 e. The lowest BCUT2D eigenvalue weighted by atomic mass is 9.84. The van der Waals surface area contributed by atoms with Crippen molar-refractivity contribution >= 4 is 11.6 Å². The van der Waals surface area contributed by atoms with Crippen LogP contribution in [0.1, 0.15) is 28.8 Å². The number of para-hydroxylation sites is 1. The Morgan fingerprint density at radius 3 is 2.14 bits per heavy atom. The molecule has 0 bridgehead atoms. The van der Waals surface area contributed by atoms with E-state index in [2.05, 4.69) is 15.4 Å². The topological polar surface area (TPSA) is 88.9 Å². The summed E-state index contributed by atoms with van der Waals surface area (Å²) < 4.78 is 30.8. The highest BCUT2D eigenvalue weighted by Crippen LogP contribution is 2.51. The monoisotopic (exact) mass is 498 g/mol. The van der Waals surface area contributed by atoms with Gasteiger partial charge in [0.05, 0.1) is 34.1 Å². The second-order valence-corrected chi connectivity index (χ2v) is 8.61. The molecule has 2 aliphatic rings. The van der Waals surface area contributed by atoms with Crippen molar-refractivity contribution in [1.82, 2.24) is 14.8 Å². The minimum absolute atomic E-state index is 0.333. The van der Waals surface area contributed by atoms with Gasteiger partial charge in [-0.2, -0.15) is 10.1 Å². The van der Waals surface area contributed by atoms with E-state index in [4.69, 9.17) is 23.7 Å². The first-order valence-electron chi connectivity index (χ1n) is 11.8. The van der Waals surface area contributed by atoms with Gasteiger partial charge < -0.3 is 29.0 Å². The van der Waals surface area contributed by atoms with Crippen LogP contribution >= 0.6 is 0 Å². The van der Waals surface area contributed by atoms with Crippen molar-refractivity contribution in [2.45, 2.75) is 12.1 Å². The van der Waals surface area contributed by atoms with Gasteiger partial charge in [-0.15, -0.1) is 0 Å². The molecule has 0 aliphatic carbocycles. The molecule has 2 atom stereocenters. The van der Waals surface area contributed by atoms with Crippen LogP contribution < -0.4 is 29.0 Å². The number of anilines is 1. The summed E-state index contributed by atoms with van der Waals surface area (Å²) in [4.78, 5) is 4.49. The predicted octanol–water partition coefficient (Wildman–Crippen LogP) is 4.87. The summed E-state index contributed by atoms with van der Waals surface area (Å²) in [6, 6.07) is 19.4. The van der Waals surface area contributed by atoms with Crippen LogP contribution in [0.3, 0.4) is 0 Å². The number of nitrogens with zero attached hydrogens (tertiary/aromatic N) is 3. The zero-order valence-electron chi connectivity index (χ0n) is 20.9. The second kappa shape index (κ2) is 9.09. The van der Waals surface area contributed by atoms with Crippen LogP contribution in [0.4, 0.5) is 5.95 Å². The van der Waals surface area contributed by atoms with Crippen LogP contribution in [0.25, 0.3) is 5.70 Å². The van der Waals surface area contributed by atoms with Crippen molar-refractivity contribution in [2.24, 2.45) is 0 Å². The maximum Gasteiger partial charge on any atom is 0.226 e. The molecular weight excluding hydrogens is 472 g/mol. The van der Waals surface area contributed by atoms with E-state index >= 15 is 0 Å². The largest absolute Gasteiger partial charge is 0.493 e. The zero-order chi connectivity index (χ0) is 25.5. The summed E-state index contributed by atoms with van der Waals surface area (Å²) in [5, 5.41) is 8.10. The first-order valence-corrected chi connectivity index (χ1v) is 11.8. The van der Waals surface area contributed by atoms with Crippen LogP contribution in [0.15, 0.2) is 72.6 Å². The Morgan fingerprint density at radius 1 is 0.784 bits per heavy atom. The molecule has 3 aromatic carbocycles. The van der Waals surface area contributed by atoms with E-state index in [0.717, 1.165) is 33.7 Å². The van der Waals surface area contributed by atoms with E-state index < -0.39 is 6.10 Å². The van der Waals surface area contributed by atoms with Gasteiger partial charge in [0.25, 0.3) is 0 Å². The minimum atomic E-state index is -0.451. The summed E-state index contributed by atoms with van der Waals surface area (Å²) in [6.07, 6.45) is 1.10. The molecule has 0 saturated carbocycles. The number of ether oxygens (including phenoxy) is 5. The molecule has 1 N–H and O–H groups in total. The summed E-state index contributed by atoms with van der Waals surface area (Å²) in [5.41, 5.74) is 4.73. The van der Waals surface area contributed by atoms with Gasteiger partial charge >= 0.3 is 0 Å². The summed E-state index contributed by atoms with van der Waals surface area (Å²) in [5.74, 6) is 3.96. The van der Waals surface area contributed by atoms with E-state index in [1.54, 1.807) is 34.8 Å². The lowest BCUT2D eigenvalue weighted by Crippen LogP contribution is -2.32. The summed E-state index contributed by atoms with van der Waals surface area (Å²) in [6.45, 7) is 0. The Hall–Kier alpha value is -4.66. The average molecular weight is 499 g/mol. The number of benzene rings is 3. The summed E-state index contributed by atoms with van der Waals surface area (Å²) >= 11 is 0. The Morgan fingerprint density at radius 2 is 1.43 bits per heavy atom. The van der Waals surface area contributed by atoms with Gasteiger partial charge in [-0.1, -0.05) is 24.3 Å². The van der Waals surface area contributed by atoms with Crippen LogP contribution in [-0.4, -0.2) is 43.2 Å². The van der Waals surface area contributed by atoms with E-state index in [9.17, 15) is 0 Å². The molecule has 0 spiro atoms. The molecule has 9 nitrogen and oxygen atoms in total. The van der Waals surface area contributed by atoms with Gasteiger partial charge in [0.15, 0.2) is 23.0 Å². The molecule has 4 aromatic rings. The van der Waals surface area contributed by atoms with Crippen LogP contribution in [-0.2, 0) is 0 Å². The lowest BCUT2D eigenvalue weighted by molar-refractivity contribution is 0.222. The number of hydrogen-bond donors (Lipinski definition) is 1. The van der Waals surface area contributed by atoms with E-state index in [1.807, 2.05) is 65.3 Å². The second-order valence-electron chi connectivity index (χ2n) is 8.61. The number of fused-ring (bicyclic) bond motifs is 3. The highest BCUT2D eigenvalue weighted by atomic mass is 16.5. The molecule has 9 heteroatoms. The van der Waals surface area contributed by atoms with Gasteiger partial charge in [0, 0.05) is 16.7 Å². The molecule has 1 aromatic heterocycles. The SMILES string of the molecule is COc1ccc([C@@H]2Oc3ccccc3C3=C2[C@@H](c2ccc(OC)c(OC)c2)n2ncnc2N3)cc1OC. The molecule has 0 saturated heterocycles. The third kappa shape index (κ3) is 3.62. The van der Waals surface area contributed by atoms with Gasteiger partial charge in [0.1, 0.15) is 24.2 Å². The third-order valence-electron chi connectivity index (χ3n) is 6.76. The molecule has 3 heterocycles. The quantitative estimate of drug-likeness (QED) is 0.403. The van der Waals surface area contributed by atoms with E-state index in [1.165, 1.54) is 0 Å². The average Bonchev–Trinajstić information content (AvgIpc) is 3.43. The lowest BCUT2D eigenvalue weighted by Gasteiger charge is -2.39. The highest BCUT2D eigenvalue weighted by Gasteiger charge is 2.41. The first kappa shape index (κ1) is 22.8. The number of hydrogen-bond acceptors (Lipinski definition) is 8. The number of methoxy groups -OCH3 is 4. The zero-order valence-corrected chi connectivity index (χ0v) is 20.9. The molecule has 0 unspecified atom stereocenters. The minimum Gasteiger partial charge on any atom is -0.493 e. The molecule has 37 heavy (non-hydrogen) atoms. The molecule has 0 amide bonds. The van der Waals surface area contributed by atoms with Gasteiger partial charge in [-0.25, -0.2) is 4.68 Å². The highest BCUT2D eigenvalue weighted by molar-refractivity contribution is 5.85. The number of nitrogens with one attached hydrogen (secondary N) is 1. The van der Waals surface area contributed by atoms with Gasteiger partial charge in [-0.05, 0) is 42.0 Å². The number of aromatic nitrogens is 3. The standard InChI is InChI=1S/C28H26N4O5/c1-33-20-11-9-16(13-22(20)35-3)26-24-25(31-28-29-15-30-32(26)28)18-7-5-6-8-19(18)37-27(24)17-10-12-21(34-2)23(14-17)36-4/h5-15,26-27H,1-4H3,(H,29,30,31)/t26-,27+/m1/s1. The van der Waals surface area contributed by atoms with Crippen molar-refractivity contribution in [2.75, 3.05) is 33.8 Å². The van der Waals surface area contributed by atoms with Crippen molar-refractivity contribution in [1.29, 1.82) is 0 Å². The fourth-order valence-electron chi connectivity index (χ4n) is 5.05. The van der Waals surface area contributed by atoms with Crippen LogP contribution in [0.2, 0.25) is 0 Å². The van der Waals surface area contributed by atoms with Crippen LogP contribution in [0.5, 0.6) is 28.7 Å². The normalized spacial score (nSPS) is 17.5. The van der Waals surface area contributed by atoms with Crippen LogP contribution in [0, 0.1) is 0 Å². The van der Waals surface area contributed by atoms with Crippen molar-refractivity contribution < 1.29 is 23.7 Å². The molecule has 188 valence electrons.